The molecule has 0 radical (unpaired) electrons. The van der Waals surface area contributed by atoms with E-state index in [9.17, 15) is 0 Å². The third-order valence-corrected chi connectivity index (χ3v) is 5.34. The van der Waals surface area contributed by atoms with Crippen LogP contribution in [0.15, 0.2) is 12.2 Å². The smallest absolute Gasteiger partial charge is 0.0149 e. The monoisotopic (exact) mass is 323 g/mol. The Balaban J connectivity index is 3.25. The molecule has 0 saturated heterocycles. The second-order valence-electron chi connectivity index (χ2n) is 7.40. The van der Waals surface area contributed by atoms with Gasteiger partial charge < -0.3 is 5.73 Å². The molecule has 0 aliphatic rings. The lowest BCUT2D eigenvalue weighted by Gasteiger charge is -2.26. The van der Waals surface area contributed by atoms with E-state index in [1.54, 1.807) is 0 Å². The highest BCUT2D eigenvalue weighted by Crippen LogP contribution is 2.20. The van der Waals surface area contributed by atoms with Gasteiger partial charge in [0.25, 0.3) is 0 Å². The number of hydrogen-bond acceptors (Lipinski definition) is 1. The lowest BCUT2D eigenvalue weighted by molar-refractivity contribution is 0.350. The van der Waals surface area contributed by atoms with Crippen LogP contribution in [-0.4, -0.2) is 5.54 Å². The van der Waals surface area contributed by atoms with Gasteiger partial charge in [0.1, 0.15) is 0 Å². The van der Waals surface area contributed by atoms with Gasteiger partial charge in [0.05, 0.1) is 0 Å². The molecule has 0 saturated carbocycles. The van der Waals surface area contributed by atoms with Crippen LogP contribution in [-0.2, 0) is 0 Å². The van der Waals surface area contributed by atoms with Gasteiger partial charge in [-0.15, -0.1) is 0 Å². The molecule has 0 aliphatic heterocycles. The molecule has 138 valence electrons. The molecule has 1 heteroatoms. The van der Waals surface area contributed by atoms with Gasteiger partial charge in [-0.05, 0) is 44.9 Å². The summed E-state index contributed by atoms with van der Waals surface area (Å²) in [5.74, 6) is 0. The van der Waals surface area contributed by atoms with Crippen molar-refractivity contribution >= 4 is 0 Å². The summed E-state index contributed by atoms with van der Waals surface area (Å²) < 4.78 is 0. The van der Waals surface area contributed by atoms with E-state index < -0.39 is 0 Å². The fraction of sp³-hybridized carbons (Fsp3) is 0.909. The van der Waals surface area contributed by atoms with Crippen LogP contribution < -0.4 is 5.73 Å². The topological polar surface area (TPSA) is 26.0 Å². The summed E-state index contributed by atoms with van der Waals surface area (Å²) in [7, 11) is 0. The first-order valence-electron chi connectivity index (χ1n) is 10.6. The van der Waals surface area contributed by atoms with Crippen LogP contribution in [0.2, 0.25) is 0 Å². The Hall–Kier alpha value is -0.300. The lowest BCUT2D eigenvalue weighted by Crippen LogP contribution is -2.38. The molecule has 0 rings (SSSR count). The van der Waals surface area contributed by atoms with E-state index in [4.69, 9.17) is 5.73 Å². The molecule has 0 aromatic carbocycles. The first-order valence-corrected chi connectivity index (χ1v) is 10.6. The molecule has 23 heavy (non-hydrogen) atoms. The van der Waals surface area contributed by atoms with Gasteiger partial charge in [0.15, 0.2) is 0 Å². The number of unbranched alkanes of at least 4 members (excludes halogenated alkanes) is 11. The third kappa shape index (κ3) is 15.0. The number of allylic oxidation sites excluding steroid dienone is 2. The van der Waals surface area contributed by atoms with Crippen molar-refractivity contribution in [1.29, 1.82) is 0 Å². The average Bonchev–Trinajstić information content (AvgIpc) is 2.58. The van der Waals surface area contributed by atoms with E-state index in [-0.39, 0.29) is 5.54 Å². The minimum Gasteiger partial charge on any atom is -0.325 e. The van der Waals surface area contributed by atoms with Crippen molar-refractivity contribution in [3.8, 4) is 0 Å². The summed E-state index contributed by atoms with van der Waals surface area (Å²) in [4.78, 5) is 0. The number of hydrogen-bond donors (Lipinski definition) is 1. The molecule has 1 nitrogen and oxygen atoms in total. The summed E-state index contributed by atoms with van der Waals surface area (Å²) in [6, 6.07) is 0. The summed E-state index contributed by atoms with van der Waals surface area (Å²) in [6.07, 6.45) is 26.1. The average molecular weight is 324 g/mol. The van der Waals surface area contributed by atoms with Crippen LogP contribution in [0.25, 0.3) is 0 Å². The van der Waals surface area contributed by atoms with E-state index in [0.29, 0.717) is 0 Å². The Morgan fingerprint density at radius 2 is 1.04 bits per heavy atom. The first kappa shape index (κ1) is 22.7. The summed E-state index contributed by atoms with van der Waals surface area (Å²) in [5.41, 5.74) is 6.45. The molecule has 0 spiro atoms. The zero-order valence-electron chi connectivity index (χ0n) is 16.5. The van der Waals surface area contributed by atoms with Gasteiger partial charge in [0, 0.05) is 5.54 Å². The normalized spacial score (nSPS) is 12.3. The van der Waals surface area contributed by atoms with E-state index in [1.807, 2.05) is 0 Å². The van der Waals surface area contributed by atoms with Crippen LogP contribution in [0.1, 0.15) is 124 Å². The predicted molar refractivity (Wildman–Crippen MR) is 107 cm³/mol. The minimum absolute atomic E-state index is 0.110. The minimum atomic E-state index is 0.110. The maximum Gasteiger partial charge on any atom is 0.0149 e. The molecule has 0 bridgehead atoms. The summed E-state index contributed by atoms with van der Waals surface area (Å²) >= 11 is 0. The van der Waals surface area contributed by atoms with Crippen molar-refractivity contribution in [3.63, 3.8) is 0 Å². The van der Waals surface area contributed by atoms with Crippen molar-refractivity contribution in [2.45, 2.75) is 129 Å². The van der Waals surface area contributed by atoms with Gasteiger partial charge >= 0.3 is 0 Å². The van der Waals surface area contributed by atoms with Crippen LogP contribution in [0.5, 0.6) is 0 Å². The molecular formula is C22H45N. The van der Waals surface area contributed by atoms with Crippen LogP contribution in [0.4, 0.5) is 0 Å². The zero-order chi connectivity index (χ0) is 17.2. The van der Waals surface area contributed by atoms with E-state index in [2.05, 4.69) is 32.9 Å². The number of rotatable bonds is 17. The van der Waals surface area contributed by atoms with Crippen LogP contribution in [0, 0.1) is 0 Å². The van der Waals surface area contributed by atoms with E-state index >= 15 is 0 Å². The lowest BCUT2D eigenvalue weighted by atomic mass is 9.88. The first-order chi connectivity index (χ1) is 11.2. The van der Waals surface area contributed by atoms with Crippen molar-refractivity contribution in [1.82, 2.24) is 0 Å². The Morgan fingerprint density at radius 3 is 1.52 bits per heavy atom. The highest BCUT2D eigenvalue weighted by atomic mass is 14.7. The quantitative estimate of drug-likeness (QED) is 0.217. The Bertz CT molecular complexity index is 253. The van der Waals surface area contributed by atoms with E-state index in [1.165, 1.54) is 89.9 Å². The van der Waals surface area contributed by atoms with Gasteiger partial charge in [-0.3, -0.25) is 0 Å². The van der Waals surface area contributed by atoms with E-state index in [0.717, 1.165) is 12.8 Å². The van der Waals surface area contributed by atoms with Gasteiger partial charge in [-0.25, -0.2) is 0 Å². The Labute approximate surface area is 147 Å². The zero-order valence-corrected chi connectivity index (χ0v) is 16.5. The van der Waals surface area contributed by atoms with Gasteiger partial charge in [-0.1, -0.05) is 90.7 Å². The Kier molecular flexibility index (Phi) is 16.3. The number of nitrogens with two attached hydrogens (primary N) is 1. The SMILES string of the molecule is CCCCCCCC/C=C\CCCCCCCC(N)(CC)CC. The molecule has 0 aromatic heterocycles. The summed E-state index contributed by atoms with van der Waals surface area (Å²) in [5, 5.41) is 0. The molecule has 0 aliphatic carbocycles. The van der Waals surface area contributed by atoms with Crippen molar-refractivity contribution in [2.24, 2.45) is 5.73 Å². The molecule has 0 atom stereocenters. The molecular weight excluding hydrogens is 278 g/mol. The van der Waals surface area contributed by atoms with Crippen molar-refractivity contribution in [3.05, 3.63) is 12.2 Å². The molecule has 0 fully saturated rings. The Morgan fingerprint density at radius 1 is 0.609 bits per heavy atom. The molecule has 0 aromatic rings. The largest absolute Gasteiger partial charge is 0.325 e. The summed E-state index contributed by atoms with van der Waals surface area (Å²) in [6.45, 7) is 6.73. The van der Waals surface area contributed by atoms with Crippen LogP contribution in [0.3, 0.4) is 0 Å². The van der Waals surface area contributed by atoms with Crippen molar-refractivity contribution in [2.75, 3.05) is 0 Å². The maximum atomic E-state index is 6.34. The molecule has 0 amide bonds. The maximum absolute atomic E-state index is 6.34. The highest BCUT2D eigenvalue weighted by Gasteiger charge is 2.18. The van der Waals surface area contributed by atoms with Gasteiger partial charge in [0.2, 0.25) is 0 Å². The standard InChI is InChI=1S/C22H45N/c1-4-7-8-9-10-11-12-13-14-15-16-17-18-19-20-21-22(23,5-2)6-3/h13-14H,4-12,15-21,23H2,1-3H3/b14-13-. The molecule has 0 heterocycles. The highest BCUT2D eigenvalue weighted by molar-refractivity contribution is 4.82. The van der Waals surface area contributed by atoms with Crippen LogP contribution >= 0.6 is 0 Å². The van der Waals surface area contributed by atoms with Gasteiger partial charge in [-0.2, -0.15) is 0 Å². The van der Waals surface area contributed by atoms with Crippen molar-refractivity contribution < 1.29 is 0 Å². The fourth-order valence-corrected chi connectivity index (χ4v) is 3.15. The second kappa shape index (κ2) is 16.6. The molecule has 0 unspecified atom stereocenters. The second-order valence-corrected chi connectivity index (χ2v) is 7.40. The third-order valence-electron chi connectivity index (χ3n) is 5.34. The predicted octanol–water partition coefficient (Wildman–Crippen LogP) is 7.54. The molecule has 2 N–H and O–H groups in total. The fourth-order valence-electron chi connectivity index (χ4n) is 3.15.